The van der Waals surface area contributed by atoms with E-state index in [1.54, 1.807) is 22.6 Å². The van der Waals surface area contributed by atoms with E-state index in [-0.39, 0.29) is 22.8 Å². The van der Waals surface area contributed by atoms with Crippen molar-refractivity contribution in [3.05, 3.63) is 56.8 Å². The van der Waals surface area contributed by atoms with Crippen molar-refractivity contribution in [2.24, 2.45) is 0 Å². The first-order valence-electron chi connectivity index (χ1n) is 7.49. The van der Waals surface area contributed by atoms with E-state index in [0.29, 0.717) is 15.1 Å². The molecule has 0 amide bonds. The van der Waals surface area contributed by atoms with Crippen LogP contribution in [0.15, 0.2) is 41.2 Å². The van der Waals surface area contributed by atoms with E-state index in [1.807, 2.05) is 24.3 Å². The third-order valence-corrected chi connectivity index (χ3v) is 4.91. The Morgan fingerprint density at radius 1 is 1.16 bits per heavy atom. The number of rotatable bonds is 3. The predicted octanol–water partition coefficient (Wildman–Crippen LogP) is 2.18. The number of phenolic OH excluding ortho intramolecular Hbond substituents is 1. The Kier molecular flexibility index (Phi) is 3.58. The lowest BCUT2D eigenvalue weighted by Crippen LogP contribution is -2.22. The zero-order valence-electron chi connectivity index (χ0n) is 13.5. The fourth-order valence-corrected chi connectivity index (χ4v) is 3.75. The van der Waals surface area contributed by atoms with Crippen molar-refractivity contribution in [1.82, 2.24) is 9.38 Å². The van der Waals surface area contributed by atoms with Crippen molar-refractivity contribution in [2.75, 3.05) is 14.2 Å². The second-order valence-electron chi connectivity index (χ2n) is 5.41. The maximum Gasteiger partial charge on any atom is 0.274 e. The molecule has 0 atom stereocenters. The van der Waals surface area contributed by atoms with E-state index >= 15 is 0 Å². The number of benzene rings is 2. The van der Waals surface area contributed by atoms with Crippen LogP contribution >= 0.6 is 11.3 Å². The van der Waals surface area contributed by atoms with Crippen LogP contribution in [0.2, 0.25) is 0 Å². The Morgan fingerprint density at radius 3 is 2.52 bits per heavy atom. The van der Waals surface area contributed by atoms with E-state index in [0.717, 1.165) is 11.0 Å². The summed E-state index contributed by atoms with van der Waals surface area (Å²) in [6.07, 6.45) is 1.74. The van der Waals surface area contributed by atoms with Gasteiger partial charge in [-0.2, -0.15) is 0 Å². The van der Waals surface area contributed by atoms with Crippen LogP contribution in [0.1, 0.15) is 5.56 Å². The van der Waals surface area contributed by atoms with E-state index in [1.165, 1.54) is 25.6 Å². The molecular formula is C18H14N2O4S. The highest BCUT2D eigenvalue weighted by molar-refractivity contribution is 7.15. The van der Waals surface area contributed by atoms with Gasteiger partial charge in [-0.15, -0.1) is 0 Å². The third kappa shape index (κ3) is 2.40. The van der Waals surface area contributed by atoms with Crippen molar-refractivity contribution in [1.29, 1.82) is 0 Å². The molecule has 0 spiro atoms. The summed E-state index contributed by atoms with van der Waals surface area (Å²) in [6.45, 7) is 0. The number of para-hydroxylation sites is 2. The number of imidazole rings is 1. The summed E-state index contributed by atoms with van der Waals surface area (Å²) in [5.74, 6) is 0.492. The SMILES string of the molecule is COc1cc(/C=c2/sc3nc4ccccc4n3c2=O)cc(OC)c1O. The summed E-state index contributed by atoms with van der Waals surface area (Å²) in [4.78, 5) is 17.9. The number of hydrogen-bond donors (Lipinski definition) is 1. The number of aromatic hydroxyl groups is 1. The zero-order chi connectivity index (χ0) is 17.6. The molecule has 6 nitrogen and oxygen atoms in total. The average Bonchev–Trinajstić information content (AvgIpc) is 3.13. The molecule has 1 N–H and O–H groups in total. The van der Waals surface area contributed by atoms with Gasteiger partial charge in [-0.3, -0.25) is 4.79 Å². The minimum absolute atomic E-state index is 0.0727. The highest BCUT2D eigenvalue weighted by Crippen LogP contribution is 2.37. The van der Waals surface area contributed by atoms with Crippen LogP contribution in [-0.4, -0.2) is 28.7 Å². The van der Waals surface area contributed by atoms with E-state index in [4.69, 9.17) is 9.47 Å². The predicted molar refractivity (Wildman–Crippen MR) is 96.8 cm³/mol. The summed E-state index contributed by atoms with van der Waals surface area (Å²) in [5, 5.41) is 10.00. The van der Waals surface area contributed by atoms with Gasteiger partial charge in [0, 0.05) is 0 Å². The van der Waals surface area contributed by atoms with Gasteiger partial charge in [0.25, 0.3) is 5.56 Å². The lowest BCUT2D eigenvalue weighted by Gasteiger charge is -2.09. The highest BCUT2D eigenvalue weighted by atomic mass is 32.1. The first kappa shape index (κ1) is 15.5. The van der Waals surface area contributed by atoms with Crippen LogP contribution < -0.4 is 19.6 Å². The second-order valence-corrected chi connectivity index (χ2v) is 6.42. The van der Waals surface area contributed by atoms with Crippen molar-refractivity contribution in [2.45, 2.75) is 0 Å². The van der Waals surface area contributed by atoms with Crippen LogP contribution in [0, 0.1) is 0 Å². The molecule has 4 rings (SSSR count). The molecule has 0 saturated carbocycles. The highest BCUT2D eigenvalue weighted by Gasteiger charge is 2.13. The molecule has 0 aliphatic heterocycles. The molecule has 0 fully saturated rings. The number of aromatic nitrogens is 2. The molecule has 0 aliphatic carbocycles. The molecule has 0 unspecified atom stereocenters. The number of thiazole rings is 1. The Labute approximate surface area is 146 Å². The Bertz CT molecular complexity index is 1180. The summed E-state index contributed by atoms with van der Waals surface area (Å²) >= 11 is 1.32. The lowest BCUT2D eigenvalue weighted by atomic mass is 10.1. The number of ether oxygens (including phenoxy) is 2. The molecule has 0 saturated heterocycles. The largest absolute Gasteiger partial charge is 0.502 e. The maximum absolute atomic E-state index is 12.8. The molecule has 2 aromatic heterocycles. The van der Waals surface area contributed by atoms with Gasteiger partial charge in [-0.1, -0.05) is 23.5 Å². The molecular weight excluding hydrogens is 340 g/mol. The van der Waals surface area contributed by atoms with E-state index < -0.39 is 0 Å². The minimum Gasteiger partial charge on any atom is -0.502 e. The number of phenols is 1. The fraction of sp³-hybridized carbons (Fsp3) is 0.111. The normalized spacial score (nSPS) is 12.2. The molecule has 0 bridgehead atoms. The number of methoxy groups -OCH3 is 2. The molecule has 25 heavy (non-hydrogen) atoms. The first-order chi connectivity index (χ1) is 12.1. The zero-order valence-corrected chi connectivity index (χ0v) is 14.3. The first-order valence-corrected chi connectivity index (χ1v) is 8.30. The summed E-state index contributed by atoms with van der Waals surface area (Å²) in [5.41, 5.74) is 2.15. The number of hydrogen-bond acceptors (Lipinski definition) is 6. The van der Waals surface area contributed by atoms with Gasteiger partial charge >= 0.3 is 0 Å². The summed E-state index contributed by atoms with van der Waals surface area (Å²) in [7, 11) is 2.92. The Hall–Kier alpha value is -3.06. The van der Waals surface area contributed by atoms with E-state index in [9.17, 15) is 9.90 Å². The molecule has 126 valence electrons. The van der Waals surface area contributed by atoms with Gasteiger partial charge in [0.2, 0.25) is 5.75 Å². The monoisotopic (exact) mass is 354 g/mol. The standard InChI is InChI=1S/C18H14N2O4S/c1-23-13-7-10(8-14(24-2)16(13)21)9-15-17(22)20-12-6-4-3-5-11(12)19-18(20)25-15/h3-9,21H,1-2H3/b15-9+. The maximum atomic E-state index is 12.8. The number of nitrogens with zero attached hydrogens (tertiary/aromatic N) is 2. The average molecular weight is 354 g/mol. The smallest absolute Gasteiger partial charge is 0.274 e. The van der Waals surface area contributed by atoms with Gasteiger partial charge < -0.3 is 14.6 Å². The number of fused-ring (bicyclic) bond motifs is 3. The van der Waals surface area contributed by atoms with Gasteiger partial charge in [-0.25, -0.2) is 9.38 Å². The summed E-state index contributed by atoms with van der Waals surface area (Å²) in [6, 6.07) is 10.8. The Balaban J connectivity index is 1.96. The topological polar surface area (TPSA) is 73.1 Å². The molecule has 4 aromatic rings. The van der Waals surface area contributed by atoms with Crippen LogP contribution in [0.4, 0.5) is 0 Å². The van der Waals surface area contributed by atoms with Crippen molar-refractivity contribution in [3.63, 3.8) is 0 Å². The van der Waals surface area contributed by atoms with Gasteiger partial charge in [0.15, 0.2) is 16.5 Å². The fourth-order valence-electron chi connectivity index (χ4n) is 2.76. The molecule has 2 aromatic carbocycles. The van der Waals surface area contributed by atoms with Gasteiger partial charge in [0.05, 0.1) is 29.8 Å². The van der Waals surface area contributed by atoms with Crippen LogP contribution in [0.5, 0.6) is 17.2 Å². The lowest BCUT2D eigenvalue weighted by molar-refractivity contribution is 0.340. The van der Waals surface area contributed by atoms with Crippen LogP contribution in [0.3, 0.4) is 0 Å². The van der Waals surface area contributed by atoms with Gasteiger partial charge in [-0.05, 0) is 35.9 Å². The van der Waals surface area contributed by atoms with Crippen LogP contribution in [0.25, 0.3) is 22.1 Å². The molecule has 7 heteroatoms. The van der Waals surface area contributed by atoms with Crippen molar-refractivity contribution >= 4 is 33.4 Å². The Morgan fingerprint density at radius 2 is 1.84 bits per heavy atom. The second kappa shape index (κ2) is 5.78. The minimum atomic E-state index is -0.125. The quantitative estimate of drug-likeness (QED) is 0.610. The molecule has 0 radical (unpaired) electrons. The van der Waals surface area contributed by atoms with E-state index in [2.05, 4.69) is 4.98 Å². The third-order valence-electron chi connectivity index (χ3n) is 3.95. The van der Waals surface area contributed by atoms with Crippen LogP contribution in [-0.2, 0) is 0 Å². The molecule has 0 aliphatic rings. The molecule has 2 heterocycles. The van der Waals surface area contributed by atoms with Crippen molar-refractivity contribution in [3.8, 4) is 17.2 Å². The van der Waals surface area contributed by atoms with Gasteiger partial charge in [0.1, 0.15) is 0 Å². The van der Waals surface area contributed by atoms with Crippen molar-refractivity contribution < 1.29 is 14.6 Å². The summed E-state index contributed by atoms with van der Waals surface area (Å²) < 4.78 is 12.5.